The Morgan fingerprint density at radius 3 is 2.74 bits per heavy atom. The number of nitrogens with zero attached hydrogens (tertiary/aromatic N) is 3. The van der Waals surface area contributed by atoms with E-state index in [-0.39, 0.29) is 11.8 Å². The maximum atomic E-state index is 12.9. The molecule has 0 radical (unpaired) electrons. The van der Waals surface area contributed by atoms with E-state index < -0.39 is 0 Å². The highest BCUT2D eigenvalue weighted by Gasteiger charge is 2.26. The highest BCUT2D eigenvalue weighted by atomic mass is 32.1. The second kappa shape index (κ2) is 9.41. The summed E-state index contributed by atoms with van der Waals surface area (Å²) < 4.78 is 4.92. The molecule has 0 saturated carbocycles. The van der Waals surface area contributed by atoms with Crippen LogP contribution >= 0.6 is 22.7 Å². The zero-order chi connectivity index (χ0) is 19.2. The van der Waals surface area contributed by atoms with Crippen LogP contribution in [-0.4, -0.2) is 79.6 Å². The second-order valence-electron chi connectivity index (χ2n) is 6.32. The Labute approximate surface area is 167 Å². The van der Waals surface area contributed by atoms with Gasteiger partial charge in [0.15, 0.2) is 0 Å². The van der Waals surface area contributed by atoms with Gasteiger partial charge < -0.3 is 15.0 Å². The summed E-state index contributed by atoms with van der Waals surface area (Å²) >= 11 is 3.09. The summed E-state index contributed by atoms with van der Waals surface area (Å²) in [5, 5.41) is 5.73. The van der Waals surface area contributed by atoms with Crippen LogP contribution in [0, 0.1) is 6.92 Å². The SMILES string of the molecule is COCCNC(=O)CN1CCN(C(=O)c2sc(-c3cccs3)nc2C)CC1. The molecule has 0 bridgehead atoms. The largest absolute Gasteiger partial charge is 0.383 e. The first-order chi connectivity index (χ1) is 13.1. The summed E-state index contributed by atoms with van der Waals surface area (Å²) in [6.07, 6.45) is 0. The lowest BCUT2D eigenvalue weighted by atomic mass is 10.2. The average Bonchev–Trinajstić information content (AvgIpc) is 3.31. The fraction of sp³-hybridized carbons (Fsp3) is 0.500. The first-order valence-electron chi connectivity index (χ1n) is 8.87. The summed E-state index contributed by atoms with van der Waals surface area (Å²) in [6, 6.07) is 4.01. The molecule has 1 N–H and O–H groups in total. The summed E-state index contributed by atoms with van der Waals surface area (Å²) in [5.41, 5.74) is 0.786. The average molecular weight is 409 g/mol. The number of carbonyl (C=O) groups is 2. The summed E-state index contributed by atoms with van der Waals surface area (Å²) in [5.74, 6) is 0.0303. The predicted molar refractivity (Wildman–Crippen MR) is 107 cm³/mol. The van der Waals surface area contributed by atoms with Crippen LogP contribution in [0.3, 0.4) is 0 Å². The number of hydrogen-bond acceptors (Lipinski definition) is 7. The molecule has 1 aliphatic heterocycles. The molecule has 0 atom stereocenters. The molecule has 27 heavy (non-hydrogen) atoms. The third-order valence-corrected chi connectivity index (χ3v) is 6.56. The number of aryl methyl sites for hydroxylation is 1. The Morgan fingerprint density at radius 1 is 1.30 bits per heavy atom. The molecule has 0 unspecified atom stereocenters. The number of aromatic nitrogens is 1. The van der Waals surface area contributed by atoms with Crippen LogP contribution in [0.1, 0.15) is 15.4 Å². The van der Waals surface area contributed by atoms with Gasteiger partial charge in [-0.1, -0.05) is 6.07 Å². The van der Waals surface area contributed by atoms with Crippen molar-refractivity contribution in [1.29, 1.82) is 0 Å². The highest BCUT2D eigenvalue weighted by Crippen LogP contribution is 2.31. The number of methoxy groups -OCH3 is 1. The van der Waals surface area contributed by atoms with Crippen LogP contribution in [0.15, 0.2) is 17.5 Å². The van der Waals surface area contributed by atoms with Gasteiger partial charge in [0.1, 0.15) is 9.88 Å². The van der Waals surface area contributed by atoms with Crippen molar-refractivity contribution < 1.29 is 14.3 Å². The van der Waals surface area contributed by atoms with Crippen LogP contribution < -0.4 is 5.32 Å². The lowest BCUT2D eigenvalue weighted by Crippen LogP contribution is -2.51. The van der Waals surface area contributed by atoms with Gasteiger partial charge in [0.25, 0.3) is 5.91 Å². The van der Waals surface area contributed by atoms with E-state index in [9.17, 15) is 9.59 Å². The van der Waals surface area contributed by atoms with Crippen LogP contribution in [0.2, 0.25) is 0 Å². The van der Waals surface area contributed by atoms with Crippen molar-refractivity contribution in [2.24, 2.45) is 0 Å². The minimum absolute atomic E-state index is 0.00859. The van der Waals surface area contributed by atoms with Crippen molar-refractivity contribution in [3.8, 4) is 9.88 Å². The van der Waals surface area contributed by atoms with Gasteiger partial charge in [-0.2, -0.15) is 0 Å². The lowest BCUT2D eigenvalue weighted by molar-refractivity contribution is -0.122. The number of hydrogen-bond donors (Lipinski definition) is 1. The zero-order valence-corrected chi connectivity index (χ0v) is 17.2. The molecule has 0 aromatic carbocycles. The Bertz CT molecular complexity index is 768. The Kier molecular flexibility index (Phi) is 6.95. The molecule has 2 aromatic heterocycles. The molecule has 146 valence electrons. The number of rotatable bonds is 7. The third-order valence-electron chi connectivity index (χ3n) is 4.38. The summed E-state index contributed by atoms with van der Waals surface area (Å²) in [4.78, 5) is 35.1. The van der Waals surface area contributed by atoms with Gasteiger partial charge >= 0.3 is 0 Å². The van der Waals surface area contributed by atoms with Gasteiger partial charge in [0.05, 0.1) is 23.7 Å². The van der Waals surface area contributed by atoms with Gasteiger partial charge in [0, 0.05) is 39.8 Å². The van der Waals surface area contributed by atoms with Crippen LogP contribution in [0.25, 0.3) is 9.88 Å². The van der Waals surface area contributed by atoms with Crippen molar-refractivity contribution in [3.63, 3.8) is 0 Å². The molecular weight excluding hydrogens is 384 g/mol. The summed E-state index contributed by atoms with van der Waals surface area (Å²) in [6.45, 7) is 5.90. The van der Waals surface area contributed by atoms with E-state index in [4.69, 9.17) is 4.74 Å². The fourth-order valence-electron chi connectivity index (χ4n) is 2.90. The van der Waals surface area contributed by atoms with Gasteiger partial charge in [-0.3, -0.25) is 14.5 Å². The molecule has 2 aromatic rings. The Hall–Kier alpha value is -1.81. The quantitative estimate of drug-likeness (QED) is 0.706. The van der Waals surface area contributed by atoms with Crippen LogP contribution in [0.4, 0.5) is 0 Å². The standard InChI is InChI=1S/C18H24N4O3S2/c1-13-16(27-17(20-13)14-4-3-11-26-14)18(24)22-8-6-21(7-9-22)12-15(23)19-5-10-25-2/h3-4,11H,5-10,12H2,1-2H3,(H,19,23). The van der Waals surface area contributed by atoms with Crippen molar-refractivity contribution in [1.82, 2.24) is 20.1 Å². The molecule has 1 saturated heterocycles. The van der Waals surface area contributed by atoms with Gasteiger partial charge in [0.2, 0.25) is 5.91 Å². The molecule has 0 aliphatic carbocycles. The second-order valence-corrected chi connectivity index (χ2v) is 8.27. The van der Waals surface area contributed by atoms with Crippen LogP contribution in [-0.2, 0) is 9.53 Å². The van der Waals surface area contributed by atoms with Gasteiger partial charge in [-0.15, -0.1) is 22.7 Å². The normalized spacial score (nSPS) is 15.1. The van der Waals surface area contributed by atoms with Gasteiger partial charge in [-0.25, -0.2) is 4.98 Å². The monoisotopic (exact) mass is 408 g/mol. The molecule has 3 rings (SSSR count). The van der Waals surface area contributed by atoms with E-state index in [1.165, 1.54) is 11.3 Å². The molecule has 7 nitrogen and oxygen atoms in total. The van der Waals surface area contributed by atoms with E-state index in [1.54, 1.807) is 18.4 Å². The first kappa shape index (κ1) is 19.9. The van der Waals surface area contributed by atoms with Crippen molar-refractivity contribution in [2.45, 2.75) is 6.92 Å². The van der Waals surface area contributed by atoms with Crippen molar-refractivity contribution in [3.05, 3.63) is 28.1 Å². The number of piperazine rings is 1. The van der Waals surface area contributed by atoms with Gasteiger partial charge in [-0.05, 0) is 18.4 Å². The van der Waals surface area contributed by atoms with E-state index >= 15 is 0 Å². The maximum Gasteiger partial charge on any atom is 0.265 e. The lowest BCUT2D eigenvalue weighted by Gasteiger charge is -2.34. The van der Waals surface area contributed by atoms with E-state index in [2.05, 4.69) is 15.2 Å². The molecule has 1 fully saturated rings. The number of thiophene rings is 1. The molecule has 9 heteroatoms. The zero-order valence-electron chi connectivity index (χ0n) is 15.6. The predicted octanol–water partition coefficient (Wildman–Crippen LogP) is 1.70. The topological polar surface area (TPSA) is 74.8 Å². The smallest absolute Gasteiger partial charge is 0.265 e. The molecule has 0 spiro atoms. The number of carbonyl (C=O) groups excluding carboxylic acids is 2. The number of ether oxygens (including phenoxy) is 1. The number of amides is 2. The van der Waals surface area contributed by atoms with E-state index in [1.807, 2.05) is 29.3 Å². The minimum Gasteiger partial charge on any atom is -0.383 e. The third kappa shape index (κ3) is 5.13. The molecular formula is C18H24N4O3S2. The maximum absolute atomic E-state index is 12.9. The van der Waals surface area contributed by atoms with Crippen LogP contribution in [0.5, 0.6) is 0 Å². The minimum atomic E-state index is -0.00859. The van der Waals surface area contributed by atoms with E-state index in [0.29, 0.717) is 50.8 Å². The molecule has 3 heterocycles. The molecule has 1 aliphatic rings. The number of nitrogens with one attached hydrogen (secondary N) is 1. The Balaban J connectivity index is 1.52. The van der Waals surface area contributed by atoms with Crippen molar-refractivity contribution in [2.75, 3.05) is 53.0 Å². The Morgan fingerprint density at radius 2 is 2.07 bits per heavy atom. The first-order valence-corrected chi connectivity index (χ1v) is 10.6. The number of thiazole rings is 1. The van der Waals surface area contributed by atoms with E-state index in [0.717, 1.165) is 15.6 Å². The highest BCUT2D eigenvalue weighted by molar-refractivity contribution is 7.22. The molecule has 2 amide bonds. The fourth-order valence-corrected chi connectivity index (χ4v) is 4.74. The van der Waals surface area contributed by atoms with Crippen molar-refractivity contribution >= 4 is 34.5 Å². The summed E-state index contributed by atoms with van der Waals surface area (Å²) in [7, 11) is 1.61.